The van der Waals surface area contributed by atoms with Gasteiger partial charge in [-0.1, -0.05) is 36.8 Å². The van der Waals surface area contributed by atoms with Crippen molar-refractivity contribution in [3.8, 4) is 0 Å². The van der Waals surface area contributed by atoms with Crippen LogP contribution in [-0.2, 0) is 4.79 Å². The van der Waals surface area contributed by atoms with Gasteiger partial charge in [-0.3, -0.25) is 14.6 Å². The number of hydrogen-bond donors (Lipinski definition) is 0. The van der Waals surface area contributed by atoms with Crippen molar-refractivity contribution >= 4 is 11.8 Å². The van der Waals surface area contributed by atoms with E-state index < -0.39 is 0 Å². The summed E-state index contributed by atoms with van der Waals surface area (Å²) < 4.78 is 0. The van der Waals surface area contributed by atoms with Crippen molar-refractivity contribution in [1.29, 1.82) is 0 Å². The molecule has 29 heavy (non-hydrogen) atoms. The first-order valence-electron chi connectivity index (χ1n) is 10.5. The van der Waals surface area contributed by atoms with E-state index in [2.05, 4.69) is 27.0 Å². The Kier molecular flexibility index (Phi) is 4.57. The minimum Gasteiger partial charge on any atom is -0.342 e. The number of carbonyl (C=O) groups is 2. The van der Waals surface area contributed by atoms with E-state index in [1.54, 1.807) is 12.4 Å². The monoisotopic (exact) mass is 390 g/mol. The minimum absolute atomic E-state index is 0.0315. The zero-order valence-corrected chi connectivity index (χ0v) is 16.7. The molecule has 150 valence electrons. The third kappa shape index (κ3) is 3.20. The number of benzene rings is 1. The van der Waals surface area contributed by atoms with Crippen molar-refractivity contribution in [2.24, 2.45) is 17.8 Å². The molecule has 1 aliphatic carbocycles. The van der Waals surface area contributed by atoms with Crippen LogP contribution in [0.3, 0.4) is 0 Å². The average molecular weight is 390 g/mol. The van der Waals surface area contributed by atoms with Gasteiger partial charge in [0.15, 0.2) is 0 Å². The number of likely N-dealkylation sites (tertiary alicyclic amines) is 2. The first-order valence-corrected chi connectivity index (χ1v) is 10.5. The van der Waals surface area contributed by atoms with Crippen molar-refractivity contribution in [2.45, 2.75) is 32.2 Å². The highest BCUT2D eigenvalue weighted by Crippen LogP contribution is 2.46. The van der Waals surface area contributed by atoms with Crippen LogP contribution in [0.4, 0.5) is 0 Å². The molecule has 1 aromatic heterocycles. The van der Waals surface area contributed by atoms with Crippen LogP contribution in [0.15, 0.2) is 42.7 Å². The maximum absolute atomic E-state index is 13.3. The molecule has 3 atom stereocenters. The number of fused-ring (bicyclic) bond motifs is 1. The van der Waals surface area contributed by atoms with Gasteiger partial charge in [-0.15, -0.1) is 0 Å². The number of hydrogen-bond acceptors (Lipinski definition) is 4. The molecule has 2 aromatic rings. The Hall–Kier alpha value is -2.76. The smallest absolute Gasteiger partial charge is 0.274 e. The summed E-state index contributed by atoms with van der Waals surface area (Å²) in [6, 6.07) is 10.2. The van der Waals surface area contributed by atoms with Gasteiger partial charge in [0, 0.05) is 43.6 Å². The van der Waals surface area contributed by atoms with Crippen molar-refractivity contribution < 1.29 is 9.59 Å². The third-order valence-corrected chi connectivity index (χ3v) is 6.83. The number of carbonyl (C=O) groups excluding carboxylic acids is 2. The van der Waals surface area contributed by atoms with Crippen LogP contribution in [0.25, 0.3) is 0 Å². The summed E-state index contributed by atoms with van der Waals surface area (Å²) in [5.41, 5.74) is 2.31. The standard InChI is InChI=1S/C23H26N4O2/c1-15-10-25-20(11-24-15)23(29)27-13-18-12-26(22(28)17-8-5-9-17)14-19(18)21(27)16-6-3-2-4-7-16/h2-4,6-7,10-11,17-19,21H,5,8-9,12-14H2,1H3/t18-,19-,21+/m0/s1. The molecule has 6 nitrogen and oxygen atoms in total. The Morgan fingerprint density at radius 1 is 1.00 bits per heavy atom. The molecule has 5 rings (SSSR count). The molecule has 0 bridgehead atoms. The topological polar surface area (TPSA) is 66.4 Å². The van der Waals surface area contributed by atoms with Gasteiger partial charge in [0.1, 0.15) is 5.69 Å². The Morgan fingerprint density at radius 3 is 2.45 bits per heavy atom. The Morgan fingerprint density at radius 2 is 1.79 bits per heavy atom. The fraction of sp³-hybridized carbons (Fsp3) is 0.478. The first-order chi connectivity index (χ1) is 14.1. The lowest BCUT2D eigenvalue weighted by Crippen LogP contribution is -2.41. The molecule has 2 saturated heterocycles. The van der Waals surface area contributed by atoms with Crippen LogP contribution < -0.4 is 0 Å². The molecule has 0 N–H and O–H groups in total. The molecule has 0 radical (unpaired) electrons. The molecule has 0 spiro atoms. The molecular weight excluding hydrogens is 364 g/mol. The van der Waals surface area contributed by atoms with Crippen molar-refractivity contribution in [1.82, 2.24) is 19.8 Å². The van der Waals surface area contributed by atoms with Gasteiger partial charge in [0.25, 0.3) is 5.91 Å². The number of rotatable bonds is 3. The summed E-state index contributed by atoms with van der Waals surface area (Å²) >= 11 is 0. The Labute approximate surface area is 170 Å². The van der Waals surface area contributed by atoms with Crippen LogP contribution in [0.1, 0.15) is 47.1 Å². The van der Waals surface area contributed by atoms with Crippen molar-refractivity contribution in [3.63, 3.8) is 0 Å². The van der Waals surface area contributed by atoms with E-state index in [0.717, 1.165) is 37.2 Å². The second-order valence-corrected chi connectivity index (χ2v) is 8.65. The third-order valence-electron chi connectivity index (χ3n) is 6.83. The largest absolute Gasteiger partial charge is 0.342 e. The molecule has 2 aliphatic heterocycles. The van der Waals surface area contributed by atoms with Gasteiger partial charge in [-0.05, 0) is 25.3 Å². The molecule has 3 aliphatic rings. The molecule has 1 aromatic carbocycles. The number of amides is 2. The second-order valence-electron chi connectivity index (χ2n) is 8.65. The first kappa shape index (κ1) is 18.3. The SMILES string of the molecule is Cc1cnc(C(=O)N2C[C@@H]3CN(C(=O)C4CCC4)C[C@@H]3[C@H]2c2ccccc2)cn1. The zero-order chi connectivity index (χ0) is 20.0. The van der Waals surface area contributed by atoms with E-state index in [1.165, 1.54) is 6.42 Å². The molecule has 3 fully saturated rings. The second kappa shape index (κ2) is 7.25. The maximum Gasteiger partial charge on any atom is 0.274 e. The lowest BCUT2D eigenvalue weighted by molar-refractivity contribution is -0.137. The molecule has 2 amide bonds. The quantitative estimate of drug-likeness (QED) is 0.808. The fourth-order valence-electron chi connectivity index (χ4n) is 5.07. The summed E-state index contributed by atoms with van der Waals surface area (Å²) in [6.07, 6.45) is 6.44. The summed E-state index contributed by atoms with van der Waals surface area (Å²) in [6.45, 7) is 4.02. The normalized spacial score (nSPS) is 26.3. The molecule has 6 heteroatoms. The van der Waals surface area contributed by atoms with Crippen LogP contribution in [0.5, 0.6) is 0 Å². The summed E-state index contributed by atoms with van der Waals surface area (Å²) in [7, 11) is 0. The van der Waals surface area contributed by atoms with Gasteiger partial charge >= 0.3 is 0 Å². The molecule has 1 saturated carbocycles. The lowest BCUT2D eigenvalue weighted by Gasteiger charge is -2.32. The molecule has 0 unspecified atom stereocenters. The van der Waals surface area contributed by atoms with E-state index in [9.17, 15) is 9.59 Å². The van der Waals surface area contributed by atoms with Crippen LogP contribution >= 0.6 is 0 Å². The van der Waals surface area contributed by atoms with Gasteiger partial charge in [-0.2, -0.15) is 0 Å². The van der Waals surface area contributed by atoms with Gasteiger partial charge in [0.2, 0.25) is 5.91 Å². The summed E-state index contributed by atoms with van der Waals surface area (Å²) in [4.78, 5) is 38.7. The highest BCUT2D eigenvalue weighted by Gasteiger charge is 2.51. The highest BCUT2D eigenvalue weighted by atomic mass is 16.2. The maximum atomic E-state index is 13.3. The fourth-order valence-corrected chi connectivity index (χ4v) is 5.07. The lowest BCUT2D eigenvalue weighted by atomic mass is 9.84. The van der Waals surface area contributed by atoms with Crippen LogP contribution in [0, 0.1) is 24.7 Å². The van der Waals surface area contributed by atoms with Crippen LogP contribution in [0.2, 0.25) is 0 Å². The number of aromatic nitrogens is 2. The van der Waals surface area contributed by atoms with Crippen molar-refractivity contribution in [2.75, 3.05) is 19.6 Å². The van der Waals surface area contributed by atoms with Gasteiger partial charge < -0.3 is 9.80 Å². The predicted molar refractivity (Wildman–Crippen MR) is 108 cm³/mol. The van der Waals surface area contributed by atoms with E-state index in [1.807, 2.05) is 30.0 Å². The predicted octanol–water partition coefficient (Wildman–Crippen LogP) is 2.86. The van der Waals surface area contributed by atoms with E-state index in [-0.39, 0.29) is 23.8 Å². The highest BCUT2D eigenvalue weighted by molar-refractivity contribution is 5.92. The Balaban J connectivity index is 1.42. The average Bonchev–Trinajstić information content (AvgIpc) is 3.25. The Bertz CT molecular complexity index is 910. The summed E-state index contributed by atoms with van der Waals surface area (Å²) in [5, 5.41) is 0. The number of nitrogens with zero attached hydrogens (tertiary/aromatic N) is 4. The van der Waals surface area contributed by atoms with Crippen molar-refractivity contribution in [3.05, 3.63) is 59.7 Å². The molecule has 3 heterocycles. The van der Waals surface area contributed by atoms with Crippen LogP contribution in [-0.4, -0.2) is 51.2 Å². The minimum atomic E-state index is -0.0716. The molecular formula is C23H26N4O2. The summed E-state index contributed by atoms with van der Waals surface area (Å²) in [5.74, 6) is 1.05. The zero-order valence-electron chi connectivity index (χ0n) is 16.7. The van der Waals surface area contributed by atoms with Gasteiger partial charge in [0.05, 0.1) is 17.9 Å². The number of aryl methyl sites for hydroxylation is 1. The van der Waals surface area contributed by atoms with E-state index in [0.29, 0.717) is 24.1 Å². The van der Waals surface area contributed by atoms with E-state index >= 15 is 0 Å². The van der Waals surface area contributed by atoms with E-state index in [4.69, 9.17) is 0 Å². The van der Waals surface area contributed by atoms with Gasteiger partial charge in [-0.25, -0.2) is 4.98 Å².